The Hall–Kier alpha value is -1.58. The van der Waals surface area contributed by atoms with Crippen LogP contribution in [0, 0.1) is 16.7 Å². The summed E-state index contributed by atoms with van der Waals surface area (Å²) >= 11 is 0. The van der Waals surface area contributed by atoms with Crippen molar-refractivity contribution in [2.75, 3.05) is 0 Å². The Morgan fingerprint density at radius 2 is 2.10 bits per heavy atom. The summed E-state index contributed by atoms with van der Waals surface area (Å²) in [6.45, 7) is 6.96. The maximum atomic E-state index is 12.4. The molecular weight excluding hydrogens is 264 g/mol. The fraction of sp³-hybridized carbons (Fsp3) is 0.647. The molecule has 1 aromatic rings. The van der Waals surface area contributed by atoms with Crippen molar-refractivity contribution in [2.24, 2.45) is 23.8 Å². The van der Waals surface area contributed by atoms with Crippen molar-refractivity contribution in [1.29, 1.82) is 0 Å². The molecular formula is C17H24N2O2. The lowest BCUT2D eigenvalue weighted by Crippen LogP contribution is -2.47. The first-order chi connectivity index (χ1) is 9.75. The van der Waals surface area contributed by atoms with E-state index in [4.69, 9.17) is 0 Å². The molecule has 0 aromatic carbocycles. The summed E-state index contributed by atoms with van der Waals surface area (Å²) in [7, 11) is 1.68. The number of nitrogens with one attached hydrogen (secondary N) is 1. The molecule has 114 valence electrons. The van der Waals surface area contributed by atoms with E-state index in [-0.39, 0.29) is 28.3 Å². The molecule has 4 nitrogen and oxygen atoms in total. The summed E-state index contributed by atoms with van der Waals surface area (Å²) in [5.74, 6) is 0.568. The number of aryl methyl sites for hydroxylation is 1. The fourth-order valence-corrected chi connectivity index (χ4v) is 4.35. The highest BCUT2D eigenvalue weighted by Crippen LogP contribution is 2.65. The molecule has 1 N–H and O–H groups in total. The average Bonchev–Trinajstić information content (AvgIpc) is 2.75. The SMILES string of the molecule is Cn1ccc(C(=O)NC2CC3CCC2(C)C3(C)C)cc1=O. The number of hydrogen-bond donors (Lipinski definition) is 1. The highest BCUT2D eigenvalue weighted by molar-refractivity contribution is 5.94. The zero-order valence-electron chi connectivity index (χ0n) is 13.3. The second-order valence-electron chi connectivity index (χ2n) is 7.50. The lowest BCUT2D eigenvalue weighted by atomic mass is 9.69. The van der Waals surface area contributed by atoms with Crippen LogP contribution < -0.4 is 10.9 Å². The zero-order chi connectivity index (χ0) is 15.4. The largest absolute Gasteiger partial charge is 0.349 e. The van der Waals surface area contributed by atoms with Gasteiger partial charge in [0.15, 0.2) is 0 Å². The second-order valence-corrected chi connectivity index (χ2v) is 7.50. The Morgan fingerprint density at radius 3 is 2.62 bits per heavy atom. The molecule has 0 radical (unpaired) electrons. The fourth-order valence-electron chi connectivity index (χ4n) is 4.35. The first kappa shape index (κ1) is 14.4. The van der Waals surface area contributed by atoms with E-state index in [2.05, 4.69) is 26.1 Å². The standard InChI is InChI=1S/C17H24N2O2/c1-16(2)12-5-7-17(16,3)13(10-12)18-15(21)11-6-8-19(4)14(20)9-11/h6,8-9,12-13H,5,7,10H2,1-4H3,(H,18,21). The van der Waals surface area contributed by atoms with Gasteiger partial charge in [-0.2, -0.15) is 0 Å². The molecule has 1 heterocycles. The van der Waals surface area contributed by atoms with E-state index in [1.165, 1.54) is 23.5 Å². The summed E-state index contributed by atoms with van der Waals surface area (Å²) in [6.07, 6.45) is 5.14. The van der Waals surface area contributed by atoms with E-state index >= 15 is 0 Å². The molecule has 3 atom stereocenters. The van der Waals surface area contributed by atoms with Crippen molar-refractivity contribution in [1.82, 2.24) is 9.88 Å². The van der Waals surface area contributed by atoms with Gasteiger partial charge >= 0.3 is 0 Å². The number of amides is 1. The van der Waals surface area contributed by atoms with E-state index in [0.717, 1.165) is 6.42 Å². The predicted octanol–water partition coefficient (Wildman–Crippen LogP) is 2.33. The van der Waals surface area contributed by atoms with Crippen LogP contribution in [0.1, 0.15) is 50.4 Å². The van der Waals surface area contributed by atoms with Crippen molar-refractivity contribution >= 4 is 5.91 Å². The van der Waals surface area contributed by atoms with Crippen molar-refractivity contribution < 1.29 is 4.79 Å². The van der Waals surface area contributed by atoms with Crippen molar-refractivity contribution in [3.05, 3.63) is 34.2 Å². The van der Waals surface area contributed by atoms with Crippen LogP contribution >= 0.6 is 0 Å². The van der Waals surface area contributed by atoms with Gasteiger partial charge in [0, 0.05) is 30.9 Å². The number of fused-ring (bicyclic) bond motifs is 2. The minimum atomic E-state index is -0.151. The van der Waals surface area contributed by atoms with Gasteiger partial charge < -0.3 is 9.88 Å². The van der Waals surface area contributed by atoms with E-state index in [9.17, 15) is 9.59 Å². The number of rotatable bonds is 2. The zero-order valence-corrected chi connectivity index (χ0v) is 13.3. The van der Waals surface area contributed by atoms with Gasteiger partial charge in [-0.25, -0.2) is 0 Å². The lowest BCUT2D eigenvalue weighted by molar-refractivity contribution is 0.0826. The Bertz CT molecular complexity index is 646. The molecule has 4 heteroatoms. The van der Waals surface area contributed by atoms with E-state index < -0.39 is 0 Å². The maximum Gasteiger partial charge on any atom is 0.251 e. The Labute approximate surface area is 125 Å². The maximum absolute atomic E-state index is 12.4. The summed E-state index contributed by atoms with van der Waals surface area (Å²) in [5, 5.41) is 3.18. The van der Waals surface area contributed by atoms with E-state index in [0.29, 0.717) is 11.5 Å². The number of hydrogen-bond acceptors (Lipinski definition) is 2. The minimum absolute atomic E-state index is 0.123. The third kappa shape index (κ3) is 1.95. The van der Waals surface area contributed by atoms with Gasteiger partial charge in [0.05, 0.1) is 0 Å². The molecule has 3 unspecified atom stereocenters. The Morgan fingerprint density at radius 1 is 1.38 bits per heavy atom. The molecule has 2 aliphatic rings. The topological polar surface area (TPSA) is 51.1 Å². The van der Waals surface area contributed by atoms with Gasteiger partial charge in [-0.05, 0) is 42.1 Å². The van der Waals surface area contributed by atoms with Crippen molar-refractivity contribution in [3.63, 3.8) is 0 Å². The number of carbonyl (C=O) groups excluding carboxylic acids is 1. The van der Waals surface area contributed by atoms with Crippen LogP contribution in [0.3, 0.4) is 0 Å². The van der Waals surface area contributed by atoms with Crippen LogP contribution in [0.4, 0.5) is 0 Å². The van der Waals surface area contributed by atoms with Crippen LogP contribution in [-0.2, 0) is 7.05 Å². The van der Waals surface area contributed by atoms with Crippen LogP contribution in [0.2, 0.25) is 0 Å². The van der Waals surface area contributed by atoms with Gasteiger partial charge in [-0.3, -0.25) is 9.59 Å². The molecule has 1 aromatic heterocycles. The minimum Gasteiger partial charge on any atom is -0.349 e. The lowest BCUT2D eigenvalue weighted by Gasteiger charge is -2.39. The first-order valence-corrected chi connectivity index (χ1v) is 7.73. The quantitative estimate of drug-likeness (QED) is 0.908. The van der Waals surface area contributed by atoms with Crippen LogP contribution in [0.15, 0.2) is 23.1 Å². The highest BCUT2D eigenvalue weighted by atomic mass is 16.2. The molecule has 2 aliphatic carbocycles. The van der Waals surface area contributed by atoms with Gasteiger partial charge in [0.1, 0.15) is 0 Å². The van der Waals surface area contributed by atoms with Gasteiger partial charge in [-0.1, -0.05) is 20.8 Å². The molecule has 2 saturated carbocycles. The Balaban J connectivity index is 1.80. The first-order valence-electron chi connectivity index (χ1n) is 7.73. The molecule has 2 bridgehead atoms. The van der Waals surface area contributed by atoms with Crippen LogP contribution in [0.5, 0.6) is 0 Å². The normalized spacial score (nSPS) is 33.1. The average molecular weight is 288 g/mol. The highest BCUT2D eigenvalue weighted by Gasteiger charge is 2.61. The summed E-state index contributed by atoms with van der Waals surface area (Å²) in [5.41, 5.74) is 0.745. The molecule has 0 aliphatic heterocycles. The van der Waals surface area contributed by atoms with Gasteiger partial charge in [0.2, 0.25) is 0 Å². The third-order valence-corrected chi connectivity index (χ3v) is 6.47. The van der Waals surface area contributed by atoms with Crippen LogP contribution in [-0.4, -0.2) is 16.5 Å². The third-order valence-electron chi connectivity index (χ3n) is 6.47. The number of pyridine rings is 1. The van der Waals surface area contributed by atoms with Crippen LogP contribution in [0.25, 0.3) is 0 Å². The number of carbonyl (C=O) groups is 1. The molecule has 2 fully saturated rings. The number of aromatic nitrogens is 1. The van der Waals surface area contributed by atoms with Gasteiger partial charge in [0.25, 0.3) is 11.5 Å². The van der Waals surface area contributed by atoms with E-state index in [1.54, 1.807) is 19.3 Å². The van der Waals surface area contributed by atoms with E-state index in [1.807, 2.05) is 0 Å². The molecule has 0 spiro atoms. The summed E-state index contributed by atoms with van der Waals surface area (Å²) in [6, 6.07) is 3.33. The second kappa shape index (κ2) is 4.46. The van der Waals surface area contributed by atoms with Crippen molar-refractivity contribution in [2.45, 2.75) is 46.1 Å². The van der Waals surface area contributed by atoms with Crippen molar-refractivity contribution in [3.8, 4) is 0 Å². The van der Waals surface area contributed by atoms with Gasteiger partial charge in [-0.15, -0.1) is 0 Å². The number of nitrogens with zero attached hydrogens (tertiary/aromatic N) is 1. The molecule has 0 saturated heterocycles. The predicted molar refractivity (Wildman–Crippen MR) is 82.2 cm³/mol. The monoisotopic (exact) mass is 288 g/mol. The molecule has 1 amide bonds. The smallest absolute Gasteiger partial charge is 0.251 e. The Kier molecular flexibility index (Phi) is 3.05. The molecule has 21 heavy (non-hydrogen) atoms. The summed E-state index contributed by atoms with van der Waals surface area (Å²) < 4.78 is 1.47. The molecule has 3 rings (SSSR count). The summed E-state index contributed by atoms with van der Waals surface area (Å²) in [4.78, 5) is 24.1.